The van der Waals surface area contributed by atoms with Crippen LogP contribution in [0.2, 0.25) is 0 Å². The van der Waals surface area contributed by atoms with Crippen LogP contribution in [-0.2, 0) is 11.0 Å². The van der Waals surface area contributed by atoms with E-state index in [1.165, 1.54) is 19.3 Å². The SMILES string of the molecule is O=C(CN1CCN(c2ccc(-c3cc(F)cc(C(F)(F)F)c3)nn2)CC1)N1CCN(C2CCC2)CC1. The van der Waals surface area contributed by atoms with Crippen molar-refractivity contribution < 1.29 is 22.4 Å². The summed E-state index contributed by atoms with van der Waals surface area (Å²) >= 11 is 0. The van der Waals surface area contributed by atoms with E-state index in [2.05, 4.69) is 20.0 Å². The third-order valence-corrected chi connectivity index (χ3v) is 7.48. The number of anilines is 1. The Balaban J connectivity index is 1.12. The number of carbonyl (C=O) groups excluding carboxylic acids is 1. The van der Waals surface area contributed by atoms with Crippen LogP contribution in [0.1, 0.15) is 24.8 Å². The van der Waals surface area contributed by atoms with Gasteiger partial charge in [0.1, 0.15) is 5.82 Å². The van der Waals surface area contributed by atoms with Crippen molar-refractivity contribution in [3.63, 3.8) is 0 Å². The minimum atomic E-state index is -4.64. The maximum absolute atomic E-state index is 13.7. The smallest absolute Gasteiger partial charge is 0.353 e. The summed E-state index contributed by atoms with van der Waals surface area (Å²) < 4.78 is 52.8. The Bertz CT molecular complexity index is 1060. The predicted octanol–water partition coefficient (Wildman–Crippen LogP) is 3.12. The van der Waals surface area contributed by atoms with Gasteiger partial charge < -0.3 is 9.80 Å². The van der Waals surface area contributed by atoms with Gasteiger partial charge in [-0.3, -0.25) is 14.6 Å². The minimum Gasteiger partial charge on any atom is -0.353 e. The van der Waals surface area contributed by atoms with Crippen molar-refractivity contribution in [1.29, 1.82) is 0 Å². The summed E-state index contributed by atoms with van der Waals surface area (Å²) in [5, 5.41) is 8.21. The molecule has 36 heavy (non-hydrogen) atoms. The van der Waals surface area contributed by atoms with E-state index in [1.807, 2.05) is 9.80 Å². The molecule has 194 valence electrons. The highest BCUT2D eigenvalue weighted by Crippen LogP contribution is 2.33. The Morgan fingerprint density at radius 2 is 1.64 bits per heavy atom. The number of hydrogen-bond donors (Lipinski definition) is 0. The van der Waals surface area contributed by atoms with E-state index in [0.717, 1.165) is 44.4 Å². The number of carbonyl (C=O) groups is 1. The maximum Gasteiger partial charge on any atom is 0.416 e. The van der Waals surface area contributed by atoms with Crippen molar-refractivity contribution in [2.24, 2.45) is 0 Å². The number of alkyl halides is 3. The molecule has 3 aliphatic rings. The van der Waals surface area contributed by atoms with E-state index in [4.69, 9.17) is 0 Å². The first-order chi connectivity index (χ1) is 17.3. The molecule has 5 rings (SSSR count). The zero-order valence-electron chi connectivity index (χ0n) is 20.1. The molecule has 11 heteroatoms. The van der Waals surface area contributed by atoms with Crippen molar-refractivity contribution in [3.8, 4) is 11.3 Å². The summed E-state index contributed by atoms with van der Waals surface area (Å²) in [5.74, 6) is -0.199. The molecule has 1 amide bonds. The van der Waals surface area contributed by atoms with Gasteiger partial charge >= 0.3 is 6.18 Å². The Labute approximate surface area is 207 Å². The fourth-order valence-corrected chi connectivity index (χ4v) is 5.06. The van der Waals surface area contributed by atoms with Gasteiger partial charge in [-0.2, -0.15) is 13.2 Å². The van der Waals surface area contributed by atoms with E-state index in [0.29, 0.717) is 44.6 Å². The first kappa shape index (κ1) is 24.9. The van der Waals surface area contributed by atoms with Crippen LogP contribution in [0, 0.1) is 5.82 Å². The average Bonchev–Trinajstić information content (AvgIpc) is 2.83. The zero-order valence-corrected chi connectivity index (χ0v) is 20.1. The number of halogens is 4. The molecular formula is C25H30F4N6O. The van der Waals surface area contributed by atoms with Gasteiger partial charge in [-0.05, 0) is 43.2 Å². The number of nitrogens with zero attached hydrogens (tertiary/aromatic N) is 6. The van der Waals surface area contributed by atoms with Gasteiger partial charge in [0, 0.05) is 64.0 Å². The van der Waals surface area contributed by atoms with Crippen molar-refractivity contribution in [3.05, 3.63) is 41.7 Å². The van der Waals surface area contributed by atoms with E-state index >= 15 is 0 Å². The highest BCUT2D eigenvalue weighted by molar-refractivity contribution is 5.78. The lowest BCUT2D eigenvalue weighted by molar-refractivity contribution is -0.137. The number of aromatic nitrogens is 2. The quantitative estimate of drug-likeness (QED) is 0.581. The van der Waals surface area contributed by atoms with Crippen LogP contribution in [0.5, 0.6) is 0 Å². The van der Waals surface area contributed by atoms with Gasteiger partial charge in [-0.15, -0.1) is 10.2 Å². The summed E-state index contributed by atoms with van der Waals surface area (Å²) in [4.78, 5) is 21.5. The lowest BCUT2D eigenvalue weighted by Crippen LogP contribution is -2.56. The Kier molecular flexibility index (Phi) is 7.11. The monoisotopic (exact) mass is 506 g/mol. The fraction of sp³-hybridized carbons (Fsp3) is 0.560. The van der Waals surface area contributed by atoms with Crippen LogP contribution in [0.3, 0.4) is 0 Å². The number of amides is 1. The number of benzene rings is 1. The summed E-state index contributed by atoms with van der Waals surface area (Å²) in [6, 6.07) is 6.31. The zero-order chi connectivity index (χ0) is 25.3. The third kappa shape index (κ3) is 5.62. The maximum atomic E-state index is 13.7. The molecule has 2 aliphatic heterocycles. The second-order valence-electron chi connectivity index (χ2n) is 9.77. The number of rotatable bonds is 5. The molecule has 1 saturated carbocycles. The molecule has 1 aromatic carbocycles. The number of hydrogen-bond acceptors (Lipinski definition) is 6. The topological polar surface area (TPSA) is 55.8 Å². The highest BCUT2D eigenvalue weighted by Gasteiger charge is 2.32. The molecule has 0 spiro atoms. The molecule has 1 aromatic heterocycles. The molecule has 3 fully saturated rings. The molecule has 0 unspecified atom stereocenters. The van der Waals surface area contributed by atoms with Crippen molar-refractivity contribution in [2.45, 2.75) is 31.5 Å². The fourth-order valence-electron chi connectivity index (χ4n) is 5.06. The van der Waals surface area contributed by atoms with E-state index in [9.17, 15) is 22.4 Å². The lowest BCUT2D eigenvalue weighted by Gasteiger charge is -2.43. The second kappa shape index (κ2) is 10.3. The van der Waals surface area contributed by atoms with Crippen molar-refractivity contribution in [1.82, 2.24) is 24.9 Å². The van der Waals surface area contributed by atoms with E-state index in [-0.39, 0.29) is 17.2 Å². The van der Waals surface area contributed by atoms with E-state index < -0.39 is 17.6 Å². The third-order valence-electron chi connectivity index (χ3n) is 7.48. The van der Waals surface area contributed by atoms with Crippen molar-refractivity contribution >= 4 is 11.7 Å². The first-order valence-electron chi connectivity index (χ1n) is 12.5. The average molecular weight is 507 g/mol. The summed E-state index contributed by atoms with van der Waals surface area (Å²) in [5.41, 5.74) is -0.863. The highest BCUT2D eigenvalue weighted by atomic mass is 19.4. The van der Waals surface area contributed by atoms with E-state index in [1.54, 1.807) is 12.1 Å². The van der Waals surface area contributed by atoms with Crippen LogP contribution < -0.4 is 4.90 Å². The minimum absolute atomic E-state index is 0.0261. The normalized spacial score (nSPS) is 20.4. The summed E-state index contributed by atoms with van der Waals surface area (Å²) in [6.45, 7) is 6.66. The first-order valence-corrected chi connectivity index (χ1v) is 12.5. The molecule has 0 N–H and O–H groups in total. The molecule has 0 atom stereocenters. The van der Waals surface area contributed by atoms with Gasteiger partial charge in [0.25, 0.3) is 0 Å². The van der Waals surface area contributed by atoms with Gasteiger partial charge in [0.05, 0.1) is 17.8 Å². The largest absolute Gasteiger partial charge is 0.416 e. The molecule has 7 nitrogen and oxygen atoms in total. The van der Waals surface area contributed by atoms with Gasteiger partial charge in [-0.25, -0.2) is 4.39 Å². The molecule has 2 saturated heterocycles. The molecule has 1 aliphatic carbocycles. The molecule has 0 radical (unpaired) electrons. The van der Waals surface area contributed by atoms with Crippen molar-refractivity contribution in [2.75, 3.05) is 63.8 Å². The van der Waals surface area contributed by atoms with Gasteiger partial charge in [0.15, 0.2) is 5.82 Å². The molecular weight excluding hydrogens is 476 g/mol. The Morgan fingerprint density at radius 3 is 2.22 bits per heavy atom. The van der Waals surface area contributed by atoms with Gasteiger partial charge in [0.2, 0.25) is 5.91 Å². The molecule has 2 aromatic rings. The standard InChI is InChI=1S/C25H30F4N6O/c26-20-15-18(14-19(16-20)25(27,28)29)22-4-5-23(31-30-22)34-8-6-32(7-9-34)17-24(36)35-12-10-33(11-13-35)21-2-1-3-21/h4-5,14-16,21H,1-3,6-13,17H2. The second-order valence-corrected chi connectivity index (χ2v) is 9.77. The molecule has 0 bridgehead atoms. The Hall–Kier alpha value is -2.79. The van der Waals surface area contributed by atoms with Crippen LogP contribution in [0.25, 0.3) is 11.3 Å². The summed E-state index contributed by atoms with van der Waals surface area (Å²) in [7, 11) is 0. The lowest BCUT2D eigenvalue weighted by atomic mass is 9.91. The Morgan fingerprint density at radius 1 is 0.917 bits per heavy atom. The van der Waals surface area contributed by atoms with Crippen LogP contribution in [-0.4, -0.2) is 95.7 Å². The summed E-state index contributed by atoms with van der Waals surface area (Å²) in [6.07, 6.45) is -0.749. The van der Waals surface area contributed by atoms with Crippen LogP contribution in [0.4, 0.5) is 23.4 Å². The van der Waals surface area contributed by atoms with Gasteiger partial charge in [-0.1, -0.05) is 6.42 Å². The van der Waals surface area contributed by atoms with Crippen LogP contribution in [0.15, 0.2) is 30.3 Å². The van der Waals surface area contributed by atoms with Crippen LogP contribution >= 0.6 is 0 Å². The predicted molar refractivity (Wildman–Crippen MR) is 127 cm³/mol. The molecule has 3 heterocycles. The number of piperazine rings is 2.